The van der Waals surface area contributed by atoms with E-state index in [2.05, 4.69) is 105 Å². The molecule has 0 amide bonds. The van der Waals surface area contributed by atoms with Gasteiger partial charge in [-0.3, -0.25) is 0 Å². The Kier molecular flexibility index (Phi) is 24.5. The number of rotatable bonds is 26. The Bertz CT molecular complexity index is 1460. The molecule has 0 spiro atoms. The monoisotopic (exact) mass is 731 g/mol. The molecule has 0 heterocycles. The second-order valence-corrected chi connectivity index (χ2v) is 15.9. The molecule has 0 saturated heterocycles. The lowest BCUT2D eigenvalue weighted by Crippen LogP contribution is -1.98. The van der Waals surface area contributed by atoms with Gasteiger partial charge in [-0.25, -0.2) is 0 Å². The van der Waals surface area contributed by atoms with Crippen LogP contribution in [0.5, 0.6) is 23.0 Å². The molecule has 0 atom stereocenters. The van der Waals surface area contributed by atoms with Crippen molar-refractivity contribution >= 4 is 0 Å². The number of benzene rings is 1. The molecule has 1 aromatic carbocycles. The van der Waals surface area contributed by atoms with Gasteiger partial charge < -0.3 is 19.7 Å². The minimum absolute atomic E-state index is 0.00736. The highest BCUT2D eigenvalue weighted by atomic mass is 16.5. The Morgan fingerprint density at radius 1 is 0.491 bits per heavy atom. The highest BCUT2D eigenvalue weighted by Crippen LogP contribution is 2.48. The zero-order chi connectivity index (χ0) is 39.8. The van der Waals surface area contributed by atoms with Gasteiger partial charge in [0.25, 0.3) is 0 Å². The van der Waals surface area contributed by atoms with E-state index in [1.807, 2.05) is 0 Å². The van der Waals surface area contributed by atoms with Gasteiger partial charge >= 0.3 is 0 Å². The lowest BCUT2D eigenvalue weighted by Gasteiger charge is -2.17. The normalized spacial score (nSPS) is 14.1. The van der Waals surface area contributed by atoms with Gasteiger partial charge in [-0.05, 0) is 158 Å². The zero-order valence-electron chi connectivity index (χ0n) is 36.1. The summed E-state index contributed by atoms with van der Waals surface area (Å²) in [6.45, 7) is 22.2. The molecule has 4 heteroatoms. The van der Waals surface area contributed by atoms with E-state index in [1.165, 1.54) is 86.2 Å². The van der Waals surface area contributed by atoms with Crippen molar-refractivity contribution in [2.24, 2.45) is 5.92 Å². The Morgan fingerprint density at radius 2 is 0.792 bits per heavy atom. The SMILES string of the molecule is COc1c(O)c(C)c(C/C=C(\C)CC/C=C(\C)CC/C=C(\C)CC/C=C(\C)CC/C=C(\C)CC/C=C(\C)CC/C=C(\C)CCCC(C)C)c(O)c1OC. The average Bonchev–Trinajstić information content (AvgIpc) is 3.09. The third-order valence-electron chi connectivity index (χ3n) is 10.3. The fourth-order valence-electron chi connectivity index (χ4n) is 6.53. The van der Waals surface area contributed by atoms with Crippen molar-refractivity contribution in [3.05, 3.63) is 92.7 Å². The van der Waals surface area contributed by atoms with Crippen LogP contribution in [0.15, 0.2) is 81.5 Å². The van der Waals surface area contributed by atoms with Gasteiger partial charge in [-0.1, -0.05) is 102 Å². The smallest absolute Gasteiger partial charge is 0.207 e. The summed E-state index contributed by atoms with van der Waals surface area (Å²) in [5, 5.41) is 21.2. The third-order valence-corrected chi connectivity index (χ3v) is 10.3. The first-order chi connectivity index (χ1) is 25.2. The molecule has 0 bridgehead atoms. The molecule has 4 nitrogen and oxygen atoms in total. The summed E-state index contributed by atoms with van der Waals surface area (Å²) in [5.74, 6) is 1.17. The van der Waals surface area contributed by atoms with E-state index in [0.29, 0.717) is 17.5 Å². The summed E-state index contributed by atoms with van der Waals surface area (Å²) in [6.07, 6.45) is 34.4. The molecule has 298 valence electrons. The van der Waals surface area contributed by atoms with Gasteiger partial charge in [0.05, 0.1) is 14.2 Å². The van der Waals surface area contributed by atoms with Gasteiger partial charge in [-0.15, -0.1) is 0 Å². The van der Waals surface area contributed by atoms with Crippen LogP contribution in [-0.4, -0.2) is 24.4 Å². The molecule has 1 aromatic rings. The van der Waals surface area contributed by atoms with Gasteiger partial charge in [-0.2, -0.15) is 0 Å². The summed E-state index contributed by atoms with van der Waals surface area (Å²) in [7, 11) is 2.91. The van der Waals surface area contributed by atoms with E-state index >= 15 is 0 Å². The summed E-state index contributed by atoms with van der Waals surface area (Å²) in [6, 6.07) is 0. The number of phenols is 2. The fraction of sp³-hybridized carbons (Fsp3) is 0.592. The molecule has 0 aliphatic rings. The maximum absolute atomic E-state index is 10.7. The maximum atomic E-state index is 10.7. The first-order valence-corrected chi connectivity index (χ1v) is 20.4. The molecular formula is C49H78O4. The standard InChI is InChI=1S/C49H78O4/c1-36(2)20-13-21-37(3)22-14-23-38(4)24-15-25-39(5)26-16-27-40(6)28-17-29-41(7)30-18-31-42(8)32-19-33-43(9)34-35-45-44(10)46(50)48(52-11)49(53-12)47(45)51/h22,24,26,28,30,32,34,36,50-51H,13-21,23,25,27,29,31,33,35H2,1-12H3/b37-22+,38-24+,39-26+,40-28+,41-30+,42-32+,43-34+. The van der Waals surface area contributed by atoms with Crippen LogP contribution >= 0.6 is 0 Å². The van der Waals surface area contributed by atoms with Gasteiger partial charge in [0, 0.05) is 11.1 Å². The largest absolute Gasteiger partial charge is 0.504 e. The Morgan fingerprint density at radius 3 is 1.11 bits per heavy atom. The molecule has 0 aliphatic carbocycles. The van der Waals surface area contributed by atoms with Crippen molar-refractivity contribution in [3.8, 4) is 23.0 Å². The highest BCUT2D eigenvalue weighted by molar-refractivity contribution is 5.66. The molecule has 0 aliphatic heterocycles. The van der Waals surface area contributed by atoms with Gasteiger partial charge in [0.2, 0.25) is 11.5 Å². The highest BCUT2D eigenvalue weighted by Gasteiger charge is 2.22. The predicted molar refractivity (Wildman–Crippen MR) is 232 cm³/mol. The van der Waals surface area contributed by atoms with Crippen molar-refractivity contribution < 1.29 is 19.7 Å². The number of hydrogen-bond donors (Lipinski definition) is 2. The Hall–Kier alpha value is -3.40. The second-order valence-electron chi connectivity index (χ2n) is 15.9. The summed E-state index contributed by atoms with van der Waals surface area (Å²) < 4.78 is 10.5. The first kappa shape index (κ1) is 47.6. The molecule has 53 heavy (non-hydrogen) atoms. The van der Waals surface area contributed by atoms with Crippen LogP contribution in [0.25, 0.3) is 0 Å². The van der Waals surface area contributed by atoms with Gasteiger partial charge in [0.1, 0.15) is 0 Å². The van der Waals surface area contributed by atoms with Crippen molar-refractivity contribution in [1.82, 2.24) is 0 Å². The lowest BCUT2D eigenvalue weighted by molar-refractivity contribution is 0.314. The lowest BCUT2D eigenvalue weighted by atomic mass is 9.99. The number of methoxy groups -OCH3 is 2. The summed E-state index contributed by atoms with van der Waals surface area (Å²) in [4.78, 5) is 0. The van der Waals surface area contributed by atoms with Crippen LogP contribution in [0, 0.1) is 12.8 Å². The quantitative estimate of drug-likeness (QED) is 0.0736. The topological polar surface area (TPSA) is 58.9 Å². The molecule has 0 aromatic heterocycles. The molecule has 1 rings (SSSR count). The third kappa shape index (κ3) is 20.6. The van der Waals surface area contributed by atoms with Gasteiger partial charge in [0.15, 0.2) is 11.5 Å². The van der Waals surface area contributed by atoms with Crippen LogP contribution in [0.4, 0.5) is 0 Å². The van der Waals surface area contributed by atoms with Crippen LogP contribution < -0.4 is 9.47 Å². The number of allylic oxidation sites excluding steroid dienone is 14. The molecule has 2 N–H and O–H groups in total. The summed E-state index contributed by atoms with van der Waals surface area (Å²) in [5.41, 5.74) is 11.5. The van der Waals surface area contributed by atoms with E-state index in [1.54, 1.807) is 12.5 Å². The minimum Gasteiger partial charge on any atom is -0.504 e. The van der Waals surface area contributed by atoms with E-state index in [4.69, 9.17) is 9.47 Å². The Labute approximate surface area is 326 Å². The van der Waals surface area contributed by atoms with E-state index < -0.39 is 0 Å². The van der Waals surface area contributed by atoms with Crippen molar-refractivity contribution in [2.45, 2.75) is 172 Å². The Balaban J connectivity index is 2.35. The maximum Gasteiger partial charge on any atom is 0.207 e. The minimum atomic E-state index is 0.00736. The van der Waals surface area contributed by atoms with Crippen molar-refractivity contribution in [1.29, 1.82) is 0 Å². The van der Waals surface area contributed by atoms with Crippen LogP contribution in [0.1, 0.15) is 170 Å². The molecular weight excluding hydrogens is 653 g/mol. The first-order valence-electron chi connectivity index (χ1n) is 20.4. The number of aromatic hydroxyl groups is 2. The number of hydrogen-bond acceptors (Lipinski definition) is 4. The molecule has 0 saturated carbocycles. The van der Waals surface area contributed by atoms with E-state index in [0.717, 1.165) is 63.7 Å². The zero-order valence-corrected chi connectivity index (χ0v) is 36.1. The fourth-order valence-corrected chi connectivity index (χ4v) is 6.53. The van der Waals surface area contributed by atoms with E-state index in [-0.39, 0.29) is 23.0 Å². The van der Waals surface area contributed by atoms with Crippen LogP contribution in [0.3, 0.4) is 0 Å². The molecule has 0 unspecified atom stereocenters. The number of phenolic OH excluding ortho intramolecular Hbond substituents is 2. The van der Waals surface area contributed by atoms with Crippen LogP contribution in [0.2, 0.25) is 0 Å². The number of ether oxygens (including phenoxy) is 2. The van der Waals surface area contributed by atoms with Crippen molar-refractivity contribution in [2.75, 3.05) is 14.2 Å². The van der Waals surface area contributed by atoms with Crippen molar-refractivity contribution in [3.63, 3.8) is 0 Å². The second kappa shape index (κ2) is 27.2. The molecule has 0 fully saturated rings. The van der Waals surface area contributed by atoms with Crippen LogP contribution in [-0.2, 0) is 6.42 Å². The molecule has 0 radical (unpaired) electrons. The predicted octanol–water partition coefficient (Wildman–Crippen LogP) is 15.1. The van der Waals surface area contributed by atoms with E-state index in [9.17, 15) is 10.2 Å². The average molecular weight is 731 g/mol. The summed E-state index contributed by atoms with van der Waals surface area (Å²) >= 11 is 0.